The van der Waals surface area contributed by atoms with Gasteiger partial charge in [-0.2, -0.15) is 0 Å². The third-order valence-electron chi connectivity index (χ3n) is 13.2. The van der Waals surface area contributed by atoms with Gasteiger partial charge in [0.15, 0.2) is 17.5 Å². The molecular weight excluding hydrogens is 755 g/mol. The third kappa shape index (κ3) is 4.98. The summed E-state index contributed by atoms with van der Waals surface area (Å²) < 4.78 is 6.23. The van der Waals surface area contributed by atoms with Crippen LogP contribution in [0.4, 0.5) is 0 Å². The van der Waals surface area contributed by atoms with E-state index in [0.717, 1.165) is 68.2 Å². The third-order valence-corrected chi connectivity index (χ3v) is 13.2. The van der Waals surface area contributed by atoms with Gasteiger partial charge in [0.25, 0.3) is 0 Å². The number of hydrogen-bond donors (Lipinski definition) is 0. The molecule has 4 nitrogen and oxygen atoms in total. The number of aromatic nitrogens is 3. The molecule has 0 radical (unpaired) electrons. The van der Waals surface area contributed by atoms with Gasteiger partial charge in [0, 0.05) is 27.5 Å². The Balaban J connectivity index is 1.00. The molecule has 0 amide bonds. The molecule has 290 valence electrons. The summed E-state index contributed by atoms with van der Waals surface area (Å²) in [6, 6.07) is 66.9. The second-order valence-corrected chi connectivity index (χ2v) is 16.5. The van der Waals surface area contributed by atoms with Crippen LogP contribution in [0, 0.1) is 0 Å². The average Bonchev–Trinajstić information content (AvgIpc) is 3.99. The van der Waals surface area contributed by atoms with Gasteiger partial charge in [-0.25, -0.2) is 15.0 Å². The highest BCUT2D eigenvalue weighted by Gasteiger charge is 2.54. The summed E-state index contributed by atoms with van der Waals surface area (Å²) in [6.07, 6.45) is 7.05. The van der Waals surface area contributed by atoms with Crippen molar-refractivity contribution < 1.29 is 4.42 Å². The zero-order valence-corrected chi connectivity index (χ0v) is 33.7. The average molecular weight is 792 g/mol. The monoisotopic (exact) mass is 791 g/mol. The minimum Gasteiger partial charge on any atom is -0.456 e. The zero-order valence-electron chi connectivity index (χ0n) is 33.7. The summed E-state index contributed by atoms with van der Waals surface area (Å²) in [4.78, 5) is 15.8. The van der Waals surface area contributed by atoms with Gasteiger partial charge in [0.1, 0.15) is 11.2 Å². The molecule has 3 aliphatic rings. The smallest absolute Gasteiger partial charge is 0.164 e. The van der Waals surface area contributed by atoms with Crippen LogP contribution in [0.25, 0.3) is 95.1 Å². The van der Waals surface area contributed by atoms with E-state index in [9.17, 15) is 0 Å². The van der Waals surface area contributed by atoms with E-state index in [1.165, 1.54) is 50.1 Å². The first kappa shape index (κ1) is 34.9. The van der Waals surface area contributed by atoms with Crippen molar-refractivity contribution in [1.29, 1.82) is 0 Å². The standard InChI is InChI=1S/C58H37N3O/c1-2-16-37(17-3-1)55-59-56(38-34-32-36(33-35-38)39-24-15-31-52-53(39)47-23-9-13-30-51(47)62-52)61-57(60-55)46-22-5-4-18-40(46)44-25-14-26-45-43-21-8-12-29-50(43)58(54(44)45)48-27-10-6-19-41(48)42-20-7-11-28-49(42)58/h1-6,8-10,12-35H,7,11H2. The van der Waals surface area contributed by atoms with Crippen LogP contribution in [0.5, 0.6) is 0 Å². The topological polar surface area (TPSA) is 51.8 Å². The maximum Gasteiger partial charge on any atom is 0.164 e. The lowest BCUT2D eigenvalue weighted by atomic mass is 9.67. The van der Waals surface area contributed by atoms with E-state index in [4.69, 9.17) is 19.4 Å². The SMILES string of the molecule is C1=C2C(=CCC1)C1(c3ccccc32)c2ccccc2-c2cccc(-c3ccccc3-c3nc(-c4ccccc4)nc(-c4ccc(-c5cccc6oc7ccccc7c56)cc4)n3)c21. The van der Waals surface area contributed by atoms with Gasteiger partial charge < -0.3 is 4.42 Å². The van der Waals surface area contributed by atoms with E-state index in [1.807, 2.05) is 36.4 Å². The van der Waals surface area contributed by atoms with Gasteiger partial charge in [-0.15, -0.1) is 0 Å². The van der Waals surface area contributed by atoms with Gasteiger partial charge in [-0.1, -0.05) is 188 Å². The normalized spacial score (nSPS) is 15.9. The van der Waals surface area contributed by atoms with Crippen LogP contribution < -0.4 is 0 Å². The van der Waals surface area contributed by atoms with Crippen molar-refractivity contribution in [3.8, 4) is 67.5 Å². The molecule has 0 bridgehead atoms. The Bertz CT molecular complexity index is 3520. The molecule has 10 aromatic rings. The molecule has 0 aliphatic heterocycles. The van der Waals surface area contributed by atoms with Crippen molar-refractivity contribution in [1.82, 2.24) is 15.0 Å². The molecule has 0 saturated heterocycles. The quantitative estimate of drug-likeness (QED) is 0.174. The van der Waals surface area contributed by atoms with Gasteiger partial charge in [-0.3, -0.25) is 0 Å². The fraction of sp³-hybridized carbons (Fsp3) is 0.0517. The molecule has 8 aromatic carbocycles. The summed E-state index contributed by atoms with van der Waals surface area (Å²) >= 11 is 0. The van der Waals surface area contributed by atoms with Gasteiger partial charge in [0.2, 0.25) is 0 Å². The summed E-state index contributed by atoms with van der Waals surface area (Å²) in [5.41, 5.74) is 19.3. The van der Waals surface area contributed by atoms with Crippen LogP contribution in [0.15, 0.2) is 210 Å². The number of nitrogens with zero attached hydrogens (tertiary/aromatic N) is 3. The fourth-order valence-electron chi connectivity index (χ4n) is 10.7. The number of rotatable bonds is 5. The molecule has 3 aliphatic carbocycles. The van der Waals surface area contributed by atoms with E-state index in [0.29, 0.717) is 17.5 Å². The van der Waals surface area contributed by atoms with Crippen molar-refractivity contribution >= 4 is 27.5 Å². The van der Waals surface area contributed by atoms with E-state index in [2.05, 4.69) is 164 Å². The number of para-hydroxylation sites is 1. The van der Waals surface area contributed by atoms with Crippen LogP contribution in [0.3, 0.4) is 0 Å². The lowest BCUT2D eigenvalue weighted by molar-refractivity contribution is 0.669. The zero-order chi connectivity index (χ0) is 40.8. The van der Waals surface area contributed by atoms with Crippen molar-refractivity contribution in [3.63, 3.8) is 0 Å². The number of hydrogen-bond acceptors (Lipinski definition) is 4. The van der Waals surface area contributed by atoms with Crippen LogP contribution in [0.2, 0.25) is 0 Å². The second kappa shape index (κ2) is 13.5. The van der Waals surface area contributed by atoms with E-state index < -0.39 is 5.41 Å². The fourth-order valence-corrected chi connectivity index (χ4v) is 10.7. The molecule has 0 fully saturated rings. The van der Waals surface area contributed by atoms with E-state index >= 15 is 0 Å². The van der Waals surface area contributed by atoms with E-state index in [-0.39, 0.29) is 0 Å². The van der Waals surface area contributed by atoms with Gasteiger partial charge >= 0.3 is 0 Å². The molecule has 1 spiro atoms. The molecule has 0 saturated carbocycles. The van der Waals surface area contributed by atoms with Crippen molar-refractivity contribution in [3.05, 3.63) is 228 Å². The second-order valence-electron chi connectivity index (χ2n) is 16.5. The minimum atomic E-state index is -0.452. The first-order chi connectivity index (χ1) is 30.8. The van der Waals surface area contributed by atoms with Crippen LogP contribution in [0.1, 0.15) is 35.1 Å². The summed E-state index contributed by atoms with van der Waals surface area (Å²) in [6.45, 7) is 0. The van der Waals surface area contributed by atoms with Crippen molar-refractivity contribution in [2.24, 2.45) is 0 Å². The number of furan rings is 1. The minimum absolute atomic E-state index is 0.452. The maximum absolute atomic E-state index is 6.23. The molecule has 62 heavy (non-hydrogen) atoms. The van der Waals surface area contributed by atoms with Gasteiger partial charge in [0.05, 0.1) is 5.41 Å². The predicted molar refractivity (Wildman–Crippen MR) is 251 cm³/mol. The lowest BCUT2D eigenvalue weighted by Gasteiger charge is -2.33. The Morgan fingerprint density at radius 3 is 1.71 bits per heavy atom. The summed E-state index contributed by atoms with van der Waals surface area (Å²) in [5, 5.41) is 2.23. The maximum atomic E-state index is 6.23. The Labute approximate surface area is 359 Å². The molecule has 4 heteroatoms. The Hall–Kier alpha value is -7.95. The highest BCUT2D eigenvalue weighted by Crippen LogP contribution is 2.66. The molecule has 2 aromatic heterocycles. The number of allylic oxidation sites excluding steroid dienone is 4. The molecule has 1 unspecified atom stereocenters. The Morgan fingerprint density at radius 1 is 0.371 bits per heavy atom. The summed E-state index contributed by atoms with van der Waals surface area (Å²) in [7, 11) is 0. The van der Waals surface area contributed by atoms with Crippen molar-refractivity contribution in [2.75, 3.05) is 0 Å². The first-order valence-electron chi connectivity index (χ1n) is 21.4. The largest absolute Gasteiger partial charge is 0.456 e. The van der Waals surface area contributed by atoms with Crippen LogP contribution >= 0.6 is 0 Å². The van der Waals surface area contributed by atoms with Crippen molar-refractivity contribution in [2.45, 2.75) is 18.3 Å². The number of fused-ring (bicyclic) bond motifs is 13. The Kier molecular flexibility index (Phi) is 7.61. The molecule has 1 atom stereocenters. The first-order valence-corrected chi connectivity index (χ1v) is 21.4. The van der Waals surface area contributed by atoms with Crippen LogP contribution in [-0.4, -0.2) is 15.0 Å². The summed E-state index contributed by atoms with van der Waals surface area (Å²) in [5.74, 6) is 1.89. The Morgan fingerprint density at radius 2 is 0.903 bits per heavy atom. The van der Waals surface area contributed by atoms with E-state index in [1.54, 1.807) is 0 Å². The molecule has 13 rings (SSSR count). The highest BCUT2D eigenvalue weighted by atomic mass is 16.3. The predicted octanol–water partition coefficient (Wildman–Crippen LogP) is 14.5. The molecule has 2 heterocycles. The van der Waals surface area contributed by atoms with Gasteiger partial charge in [-0.05, 0) is 91.8 Å². The number of benzene rings is 8. The molecular formula is C58H37N3O. The molecule has 0 N–H and O–H groups in total. The van der Waals surface area contributed by atoms with Crippen LogP contribution in [-0.2, 0) is 5.41 Å². The highest BCUT2D eigenvalue weighted by molar-refractivity contribution is 6.12. The lowest BCUT2D eigenvalue weighted by Crippen LogP contribution is -2.27.